The molecule has 0 radical (unpaired) electrons. The van der Waals surface area contributed by atoms with Crippen LogP contribution >= 0.6 is 0 Å². The quantitative estimate of drug-likeness (QED) is 0.144. The molecule has 0 saturated carbocycles. The van der Waals surface area contributed by atoms with Gasteiger partial charge in [0.1, 0.15) is 0 Å². The highest BCUT2D eigenvalue weighted by atomic mass is 15.0. The van der Waals surface area contributed by atoms with Crippen LogP contribution in [-0.2, 0) is 27.1 Å². The van der Waals surface area contributed by atoms with Crippen LogP contribution in [-0.4, -0.2) is 19.1 Å². The highest BCUT2D eigenvalue weighted by Gasteiger charge is 2.42. The van der Waals surface area contributed by atoms with Gasteiger partial charge in [-0.25, -0.2) is 9.97 Å². The summed E-state index contributed by atoms with van der Waals surface area (Å²) in [6.45, 7) is 32.5. The first-order chi connectivity index (χ1) is 37.6. The summed E-state index contributed by atoms with van der Waals surface area (Å²) in [5, 5.41) is 5.05. The molecule has 79 heavy (non-hydrogen) atoms. The summed E-state index contributed by atoms with van der Waals surface area (Å²) in [5.41, 5.74) is 22.5. The topological polar surface area (TPSA) is 35.6 Å². The molecule has 12 rings (SSSR count). The van der Waals surface area contributed by atoms with Crippen LogP contribution in [0.3, 0.4) is 0 Å². The Kier molecular flexibility index (Phi) is 12.4. The molecule has 1 aliphatic carbocycles. The zero-order valence-electron chi connectivity index (χ0n) is 49.3. The van der Waals surface area contributed by atoms with Gasteiger partial charge >= 0.3 is 0 Å². The van der Waals surface area contributed by atoms with Crippen LogP contribution in [0.4, 0.5) is 0 Å². The maximum atomic E-state index is 5.61. The van der Waals surface area contributed by atoms with Crippen LogP contribution < -0.4 is 0 Å². The zero-order chi connectivity index (χ0) is 55.6. The number of hydrogen-bond acceptors (Lipinski definition) is 2. The Morgan fingerprint density at radius 1 is 0.354 bits per heavy atom. The van der Waals surface area contributed by atoms with E-state index >= 15 is 0 Å². The number of nitrogens with zero attached hydrogens (tertiary/aromatic N) is 4. The molecule has 4 heteroatoms. The summed E-state index contributed by atoms with van der Waals surface area (Å²) in [6.07, 6.45) is 4.42. The van der Waals surface area contributed by atoms with Gasteiger partial charge in [-0.1, -0.05) is 201 Å². The minimum Gasteiger partial charge on any atom is -0.309 e. The van der Waals surface area contributed by atoms with E-state index in [1.165, 1.54) is 88.1 Å². The molecular formula is C75H78N4. The first-order valence-electron chi connectivity index (χ1n) is 29.1. The summed E-state index contributed by atoms with van der Waals surface area (Å²) in [7, 11) is 0. The van der Waals surface area contributed by atoms with E-state index in [4.69, 9.17) is 9.97 Å². The van der Waals surface area contributed by atoms with E-state index in [2.05, 4.69) is 276 Å². The van der Waals surface area contributed by atoms with E-state index in [-0.39, 0.29) is 27.1 Å². The smallest absolute Gasteiger partial charge is 0.160 e. The van der Waals surface area contributed by atoms with Crippen molar-refractivity contribution in [3.63, 3.8) is 0 Å². The van der Waals surface area contributed by atoms with Crippen molar-refractivity contribution in [3.8, 4) is 56.4 Å². The van der Waals surface area contributed by atoms with Crippen molar-refractivity contribution < 1.29 is 0 Å². The Labute approximate surface area is 469 Å². The Bertz CT molecular complexity index is 3870. The third-order valence-electron chi connectivity index (χ3n) is 17.4. The first kappa shape index (κ1) is 52.2. The van der Waals surface area contributed by atoms with Gasteiger partial charge in [0.2, 0.25) is 0 Å². The Morgan fingerprint density at radius 2 is 0.759 bits per heavy atom. The zero-order valence-corrected chi connectivity index (χ0v) is 49.3. The van der Waals surface area contributed by atoms with Crippen molar-refractivity contribution in [2.45, 2.75) is 150 Å². The average Bonchev–Trinajstić information content (AvgIpc) is 3.60. The van der Waals surface area contributed by atoms with Crippen LogP contribution in [0.25, 0.3) is 100 Å². The number of aromatic nitrogens is 4. The molecule has 3 aromatic heterocycles. The highest BCUT2D eigenvalue weighted by Crippen LogP contribution is 2.55. The van der Waals surface area contributed by atoms with Crippen LogP contribution in [0.5, 0.6) is 0 Å². The van der Waals surface area contributed by atoms with Gasteiger partial charge in [-0.3, -0.25) is 0 Å². The molecule has 0 amide bonds. The summed E-state index contributed by atoms with van der Waals surface area (Å²) >= 11 is 0. The molecule has 0 unspecified atom stereocenters. The Hall–Kier alpha value is -7.56. The summed E-state index contributed by atoms with van der Waals surface area (Å²) in [4.78, 5) is 11.1. The number of benzene rings is 8. The van der Waals surface area contributed by atoms with E-state index in [1.54, 1.807) is 0 Å². The number of rotatable bonds is 9. The fourth-order valence-electron chi connectivity index (χ4n) is 13.1. The summed E-state index contributed by atoms with van der Waals surface area (Å²) in [5.74, 6) is 0.708. The van der Waals surface area contributed by atoms with Gasteiger partial charge in [-0.2, -0.15) is 0 Å². The normalized spacial score (nSPS) is 13.7. The van der Waals surface area contributed by atoms with Crippen molar-refractivity contribution in [1.82, 2.24) is 19.1 Å². The summed E-state index contributed by atoms with van der Waals surface area (Å²) in [6, 6.07) is 64.9. The molecule has 0 N–H and O–H groups in total. The molecule has 1 aliphatic rings. The van der Waals surface area contributed by atoms with Crippen molar-refractivity contribution in [3.05, 3.63) is 203 Å². The molecular weight excluding hydrogens is 957 g/mol. The van der Waals surface area contributed by atoms with Crippen molar-refractivity contribution in [1.29, 1.82) is 0 Å². The predicted octanol–water partition coefficient (Wildman–Crippen LogP) is 20.7. The van der Waals surface area contributed by atoms with Crippen LogP contribution in [0.15, 0.2) is 170 Å². The summed E-state index contributed by atoms with van der Waals surface area (Å²) < 4.78 is 5.03. The van der Waals surface area contributed by atoms with E-state index in [0.717, 1.165) is 65.1 Å². The van der Waals surface area contributed by atoms with E-state index in [1.807, 2.05) is 0 Å². The van der Waals surface area contributed by atoms with E-state index in [9.17, 15) is 0 Å². The second kappa shape index (κ2) is 18.8. The Morgan fingerprint density at radius 3 is 1.19 bits per heavy atom. The molecule has 0 atom stereocenters. The van der Waals surface area contributed by atoms with Gasteiger partial charge in [0, 0.05) is 55.0 Å². The molecule has 398 valence electrons. The average molecular weight is 1040 g/mol. The van der Waals surface area contributed by atoms with Crippen molar-refractivity contribution in [2.75, 3.05) is 0 Å². The van der Waals surface area contributed by atoms with E-state index in [0.29, 0.717) is 5.82 Å². The molecule has 0 saturated heterocycles. The highest BCUT2D eigenvalue weighted by molar-refractivity contribution is 6.11. The van der Waals surface area contributed by atoms with E-state index < -0.39 is 0 Å². The second-order valence-corrected chi connectivity index (χ2v) is 27.1. The van der Waals surface area contributed by atoms with Crippen molar-refractivity contribution >= 4 is 43.6 Å². The molecule has 0 aliphatic heterocycles. The third-order valence-corrected chi connectivity index (χ3v) is 17.4. The van der Waals surface area contributed by atoms with Gasteiger partial charge in [0.05, 0.1) is 33.5 Å². The standard InChI is InChI=1S/C75H78N4/c1-15-36-75(37-16-2)62-25-21-20-24-56(62)57-31-26-48(40-63(57)75)64-46-65(77-70(76-64)47-22-18-17-19-23-47)49-38-54(78-66-32-27-50(71(3,4)5)41-58(66)59-42-51(72(6,7)8)28-33-67(59)78)45-55(39-49)79-68-34-29-52(73(9,10)11)43-60(68)61-44-53(74(12,13)14)30-35-69(61)79/h17-35,38-46H,15-16,36-37H2,1-14H3. The monoisotopic (exact) mass is 1030 g/mol. The number of hydrogen-bond donors (Lipinski definition) is 0. The first-order valence-corrected chi connectivity index (χ1v) is 29.1. The van der Waals surface area contributed by atoms with Gasteiger partial charge in [0.25, 0.3) is 0 Å². The van der Waals surface area contributed by atoms with Gasteiger partial charge < -0.3 is 9.13 Å². The van der Waals surface area contributed by atoms with Gasteiger partial charge in [-0.15, -0.1) is 0 Å². The van der Waals surface area contributed by atoms with Crippen LogP contribution in [0, 0.1) is 0 Å². The molecule has 0 spiro atoms. The molecule has 0 fully saturated rings. The maximum absolute atomic E-state index is 5.61. The fraction of sp³-hybridized carbons (Fsp3) is 0.307. The Balaban J connectivity index is 1.17. The largest absolute Gasteiger partial charge is 0.309 e. The van der Waals surface area contributed by atoms with Gasteiger partial charge in [-0.05, 0) is 158 Å². The van der Waals surface area contributed by atoms with Gasteiger partial charge in [0.15, 0.2) is 5.82 Å². The lowest BCUT2D eigenvalue weighted by Crippen LogP contribution is -2.25. The maximum Gasteiger partial charge on any atom is 0.160 e. The molecule has 3 heterocycles. The lowest BCUT2D eigenvalue weighted by atomic mass is 9.71. The minimum absolute atomic E-state index is 0.0227. The molecule has 8 aromatic carbocycles. The van der Waals surface area contributed by atoms with Crippen LogP contribution in [0.1, 0.15) is 156 Å². The lowest BCUT2D eigenvalue weighted by Gasteiger charge is -2.32. The molecule has 11 aromatic rings. The minimum atomic E-state index is -0.0556. The molecule has 0 bridgehead atoms. The molecule has 4 nitrogen and oxygen atoms in total. The van der Waals surface area contributed by atoms with Crippen LogP contribution in [0.2, 0.25) is 0 Å². The number of fused-ring (bicyclic) bond motifs is 9. The lowest BCUT2D eigenvalue weighted by molar-refractivity contribution is 0.436. The fourth-order valence-corrected chi connectivity index (χ4v) is 13.1. The van der Waals surface area contributed by atoms with Crippen molar-refractivity contribution in [2.24, 2.45) is 0 Å². The SMILES string of the molecule is CCCC1(CCC)c2ccccc2-c2ccc(-c3cc(-c4cc(-n5c6ccc(C(C)(C)C)cc6c6cc(C(C)(C)C)ccc65)cc(-n5c6ccc(C(C)(C)C)cc6c6cc(C(C)(C)C)ccc65)c4)nc(-c4ccccc4)n3)cc21. The third kappa shape index (κ3) is 8.91. The predicted molar refractivity (Wildman–Crippen MR) is 338 cm³/mol. The second-order valence-electron chi connectivity index (χ2n) is 27.1.